The molecule has 0 spiro atoms. The number of nitro groups is 1. The number of hydrogen-bond acceptors (Lipinski definition) is 4. The van der Waals surface area contributed by atoms with Gasteiger partial charge in [-0.25, -0.2) is 0 Å². The lowest BCUT2D eigenvalue weighted by atomic mass is 10.1. The lowest BCUT2D eigenvalue weighted by molar-refractivity contribution is -0.385. The fourth-order valence-corrected chi connectivity index (χ4v) is 3.72. The number of aromatic amines is 1. The Morgan fingerprint density at radius 1 is 1.28 bits per heavy atom. The van der Waals surface area contributed by atoms with Crippen LogP contribution in [0.5, 0.6) is 0 Å². The Hall–Kier alpha value is -2.19. The van der Waals surface area contributed by atoms with Crippen molar-refractivity contribution in [3.8, 4) is 0 Å². The van der Waals surface area contributed by atoms with Crippen LogP contribution in [0.25, 0.3) is 10.9 Å². The van der Waals surface area contributed by atoms with Crippen molar-refractivity contribution in [1.82, 2.24) is 4.98 Å². The fraction of sp³-hybridized carbons (Fsp3) is 0.118. The molecule has 0 bridgehead atoms. The van der Waals surface area contributed by atoms with Crippen molar-refractivity contribution in [3.63, 3.8) is 0 Å². The maximum absolute atomic E-state index is 10.7. The molecule has 6 nitrogen and oxygen atoms in total. The molecule has 4 rings (SSSR count). The first-order valence-corrected chi connectivity index (χ1v) is 9.09. The number of benzene rings is 2. The van der Waals surface area contributed by atoms with Gasteiger partial charge in [-0.05, 0) is 18.2 Å². The molecule has 8 heteroatoms. The molecular formula is C17H13Br2N3O3. The molecule has 3 aromatic rings. The SMILES string of the molecule is O=Cc1c[nH]c2cc(Br)ccc12.O=[N+]([O-])c1cccc2c1C(Br)CN2. The average Bonchev–Trinajstić information content (AvgIpc) is 3.18. The Bertz CT molecular complexity index is 955. The van der Waals surface area contributed by atoms with Gasteiger partial charge in [0.25, 0.3) is 5.69 Å². The van der Waals surface area contributed by atoms with Gasteiger partial charge in [-0.2, -0.15) is 0 Å². The highest BCUT2D eigenvalue weighted by atomic mass is 79.9. The highest BCUT2D eigenvalue weighted by Gasteiger charge is 2.28. The first-order chi connectivity index (χ1) is 12.0. The summed E-state index contributed by atoms with van der Waals surface area (Å²) in [5, 5.41) is 14.7. The van der Waals surface area contributed by atoms with Gasteiger partial charge in [0.05, 0.1) is 15.3 Å². The van der Waals surface area contributed by atoms with E-state index in [0.717, 1.165) is 32.9 Å². The van der Waals surface area contributed by atoms with Crippen LogP contribution < -0.4 is 5.32 Å². The molecule has 0 aliphatic carbocycles. The highest BCUT2D eigenvalue weighted by molar-refractivity contribution is 9.10. The number of rotatable bonds is 2. The molecule has 0 fully saturated rings. The van der Waals surface area contributed by atoms with E-state index in [0.29, 0.717) is 12.1 Å². The van der Waals surface area contributed by atoms with E-state index >= 15 is 0 Å². The van der Waals surface area contributed by atoms with Crippen LogP contribution in [0, 0.1) is 10.1 Å². The molecule has 1 aromatic heterocycles. The molecule has 0 amide bonds. The minimum Gasteiger partial charge on any atom is -0.383 e. The van der Waals surface area contributed by atoms with Crippen molar-refractivity contribution in [1.29, 1.82) is 0 Å². The van der Waals surface area contributed by atoms with Crippen LogP contribution in [0.4, 0.5) is 11.4 Å². The minimum absolute atomic E-state index is 0.0455. The normalized spacial score (nSPS) is 15.0. The number of fused-ring (bicyclic) bond motifs is 2. The van der Waals surface area contributed by atoms with Crippen LogP contribution in [0.3, 0.4) is 0 Å². The van der Waals surface area contributed by atoms with Crippen molar-refractivity contribution in [2.24, 2.45) is 0 Å². The van der Waals surface area contributed by atoms with Crippen molar-refractivity contribution in [2.75, 3.05) is 11.9 Å². The minimum atomic E-state index is -0.347. The van der Waals surface area contributed by atoms with Gasteiger partial charge >= 0.3 is 0 Å². The van der Waals surface area contributed by atoms with Crippen molar-refractivity contribution in [2.45, 2.75) is 4.83 Å². The summed E-state index contributed by atoms with van der Waals surface area (Å²) in [5.74, 6) is 0. The first kappa shape index (κ1) is 17.6. The number of aldehydes is 1. The second-order valence-electron chi connectivity index (χ2n) is 5.40. The second kappa shape index (κ2) is 7.37. The molecule has 0 saturated carbocycles. The monoisotopic (exact) mass is 465 g/mol. The van der Waals surface area contributed by atoms with E-state index in [1.165, 1.54) is 6.07 Å². The lowest BCUT2D eigenvalue weighted by Crippen LogP contribution is -1.95. The molecule has 0 saturated heterocycles. The number of hydrogen-bond donors (Lipinski definition) is 2. The van der Waals surface area contributed by atoms with E-state index in [4.69, 9.17) is 0 Å². The van der Waals surface area contributed by atoms with E-state index in [-0.39, 0.29) is 15.4 Å². The highest BCUT2D eigenvalue weighted by Crippen LogP contribution is 2.41. The quantitative estimate of drug-likeness (QED) is 0.235. The van der Waals surface area contributed by atoms with Gasteiger partial charge in [-0.15, -0.1) is 0 Å². The molecular weight excluding hydrogens is 454 g/mol. The Kier molecular flexibility index (Phi) is 5.19. The van der Waals surface area contributed by atoms with E-state index in [1.54, 1.807) is 12.3 Å². The number of nitro benzene ring substituents is 1. The molecule has 128 valence electrons. The van der Waals surface area contributed by atoms with Crippen molar-refractivity contribution in [3.05, 3.63) is 68.3 Å². The lowest BCUT2D eigenvalue weighted by Gasteiger charge is -2.01. The molecule has 25 heavy (non-hydrogen) atoms. The van der Waals surface area contributed by atoms with E-state index < -0.39 is 0 Å². The molecule has 2 N–H and O–H groups in total. The van der Waals surface area contributed by atoms with E-state index in [1.807, 2.05) is 24.3 Å². The topological polar surface area (TPSA) is 88.0 Å². The molecule has 2 heterocycles. The summed E-state index contributed by atoms with van der Waals surface area (Å²) in [6.45, 7) is 0.709. The second-order valence-corrected chi connectivity index (χ2v) is 7.42. The summed E-state index contributed by atoms with van der Waals surface area (Å²) in [4.78, 5) is 23.9. The Morgan fingerprint density at radius 2 is 2.08 bits per heavy atom. The number of halogens is 2. The zero-order valence-electron chi connectivity index (χ0n) is 12.8. The van der Waals surface area contributed by atoms with Crippen LogP contribution in [-0.4, -0.2) is 22.7 Å². The Balaban J connectivity index is 0.000000146. The number of aromatic nitrogens is 1. The average molecular weight is 467 g/mol. The van der Waals surface area contributed by atoms with E-state index in [9.17, 15) is 14.9 Å². The predicted octanol–water partition coefficient (Wildman–Crippen LogP) is 5.20. The first-order valence-electron chi connectivity index (χ1n) is 7.38. The van der Waals surface area contributed by atoms with Crippen LogP contribution in [-0.2, 0) is 0 Å². The third kappa shape index (κ3) is 3.59. The zero-order valence-corrected chi connectivity index (χ0v) is 16.0. The number of anilines is 1. The van der Waals surface area contributed by atoms with Gasteiger partial charge in [-0.3, -0.25) is 14.9 Å². The van der Waals surface area contributed by atoms with Gasteiger partial charge in [0.15, 0.2) is 6.29 Å². The van der Waals surface area contributed by atoms with Gasteiger partial charge in [0, 0.05) is 45.4 Å². The van der Waals surface area contributed by atoms with Crippen molar-refractivity contribution < 1.29 is 9.72 Å². The standard InChI is InChI=1S/C9H6BrNO.C8H7BrN2O2/c10-7-1-2-8-6(5-12)4-11-9(8)3-7;9-5-4-10-6-2-1-3-7(8(5)6)11(12)13/h1-5,11H;1-3,5,10H,4H2. The van der Waals surface area contributed by atoms with Gasteiger partial charge in [0.2, 0.25) is 0 Å². The largest absolute Gasteiger partial charge is 0.383 e. The Morgan fingerprint density at radius 3 is 2.80 bits per heavy atom. The maximum Gasteiger partial charge on any atom is 0.275 e. The van der Waals surface area contributed by atoms with Crippen LogP contribution in [0.15, 0.2) is 47.1 Å². The maximum atomic E-state index is 10.7. The number of carbonyl (C=O) groups is 1. The number of carbonyl (C=O) groups excluding carboxylic acids is 1. The summed E-state index contributed by atoms with van der Waals surface area (Å²) in [6, 6.07) is 10.9. The van der Waals surface area contributed by atoms with Gasteiger partial charge in [0.1, 0.15) is 0 Å². The van der Waals surface area contributed by atoms with Crippen LogP contribution >= 0.6 is 31.9 Å². The van der Waals surface area contributed by atoms with Crippen LogP contribution in [0.1, 0.15) is 20.7 Å². The van der Waals surface area contributed by atoms with Gasteiger partial charge < -0.3 is 10.3 Å². The smallest absolute Gasteiger partial charge is 0.275 e. The molecule has 1 unspecified atom stereocenters. The number of nitrogens with one attached hydrogen (secondary N) is 2. The number of alkyl halides is 1. The summed E-state index contributed by atoms with van der Waals surface area (Å²) in [7, 11) is 0. The molecule has 1 aliphatic heterocycles. The summed E-state index contributed by atoms with van der Waals surface area (Å²) in [6.07, 6.45) is 2.57. The molecule has 2 aromatic carbocycles. The number of nitrogens with zero attached hydrogens (tertiary/aromatic N) is 1. The summed E-state index contributed by atoms with van der Waals surface area (Å²) >= 11 is 6.74. The van der Waals surface area contributed by atoms with Crippen molar-refractivity contribution >= 4 is 60.4 Å². The molecule has 1 aliphatic rings. The predicted molar refractivity (Wildman–Crippen MR) is 105 cm³/mol. The molecule has 1 atom stereocenters. The van der Waals surface area contributed by atoms with Crippen LogP contribution in [0.2, 0.25) is 0 Å². The summed E-state index contributed by atoms with van der Waals surface area (Å²) in [5.41, 5.74) is 3.48. The number of H-pyrrole nitrogens is 1. The zero-order chi connectivity index (χ0) is 18.0. The Labute approximate surface area is 160 Å². The molecule has 0 radical (unpaired) electrons. The fourth-order valence-electron chi connectivity index (χ4n) is 2.72. The summed E-state index contributed by atoms with van der Waals surface area (Å²) < 4.78 is 1.01. The van der Waals surface area contributed by atoms with Gasteiger partial charge in [-0.1, -0.05) is 44.0 Å². The van der Waals surface area contributed by atoms with E-state index in [2.05, 4.69) is 42.2 Å². The third-order valence-electron chi connectivity index (χ3n) is 3.87. The third-order valence-corrected chi connectivity index (χ3v) is 5.14.